The van der Waals surface area contributed by atoms with Gasteiger partial charge in [0.2, 0.25) is 11.6 Å². The van der Waals surface area contributed by atoms with E-state index in [2.05, 4.69) is 35.7 Å². The third-order valence-corrected chi connectivity index (χ3v) is 4.73. The Morgan fingerprint density at radius 1 is 1.29 bits per heavy atom. The molecule has 5 rings (SSSR count). The van der Waals surface area contributed by atoms with Gasteiger partial charge in [-0.2, -0.15) is 5.10 Å². The second-order valence-corrected chi connectivity index (χ2v) is 6.89. The molecule has 0 unspecified atom stereocenters. The van der Waals surface area contributed by atoms with Crippen LogP contribution in [0.4, 0.5) is 9.18 Å². The Hall–Kier alpha value is -4.35. The number of rotatable bonds is 4. The number of carbonyl (C=O) groups excluding carboxylic acids is 2. The summed E-state index contributed by atoms with van der Waals surface area (Å²) < 4.78 is 16.0. The highest BCUT2D eigenvalue weighted by Gasteiger charge is 2.27. The van der Waals surface area contributed by atoms with E-state index in [4.69, 9.17) is 0 Å². The Morgan fingerprint density at radius 3 is 2.97 bits per heavy atom. The predicted molar refractivity (Wildman–Crippen MR) is 106 cm³/mol. The molecule has 1 saturated heterocycles. The van der Waals surface area contributed by atoms with Crippen molar-refractivity contribution in [1.29, 1.82) is 0 Å². The van der Waals surface area contributed by atoms with Crippen LogP contribution in [-0.4, -0.2) is 59.1 Å². The lowest BCUT2D eigenvalue weighted by Gasteiger charge is -2.08. The van der Waals surface area contributed by atoms with E-state index in [-0.39, 0.29) is 18.7 Å². The Kier molecular flexibility index (Phi) is 4.31. The predicted octanol–water partition coefficient (Wildman–Crippen LogP) is 1.23. The van der Waals surface area contributed by atoms with Crippen LogP contribution < -0.4 is 5.32 Å². The number of urea groups is 1. The number of carbonyl (C=O) groups is 2. The van der Waals surface area contributed by atoms with Crippen molar-refractivity contribution in [2.75, 3.05) is 6.54 Å². The highest BCUT2D eigenvalue weighted by atomic mass is 19.1. The van der Waals surface area contributed by atoms with E-state index in [1.54, 1.807) is 25.3 Å². The number of hydrogen-bond donors (Lipinski definition) is 1. The van der Waals surface area contributed by atoms with E-state index in [0.29, 0.717) is 28.1 Å². The molecule has 3 aromatic heterocycles. The molecule has 12 heteroatoms. The van der Waals surface area contributed by atoms with Crippen molar-refractivity contribution < 1.29 is 14.0 Å². The number of pyridine rings is 1. The maximum absolute atomic E-state index is 14.6. The van der Waals surface area contributed by atoms with Crippen LogP contribution in [0.15, 0.2) is 41.8 Å². The van der Waals surface area contributed by atoms with Crippen LogP contribution in [-0.2, 0) is 11.3 Å². The van der Waals surface area contributed by atoms with Crippen molar-refractivity contribution in [1.82, 2.24) is 40.3 Å². The summed E-state index contributed by atoms with van der Waals surface area (Å²) in [6.07, 6.45) is 3.05. The van der Waals surface area contributed by atoms with Gasteiger partial charge in [0.05, 0.1) is 24.0 Å². The van der Waals surface area contributed by atoms with Crippen LogP contribution in [0, 0.1) is 5.82 Å². The molecule has 0 radical (unpaired) electrons. The van der Waals surface area contributed by atoms with Gasteiger partial charge in [-0.05, 0) is 19.1 Å². The van der Waals surface area contributed by atoms with Gasteiger partial charge in [0.25, 0.3) is 0 Å². The van der Waals surface area contributed by atoms with E-state index in [1.165, 1.54) is 16.9 Å². The number of benzene rings is 1. The Labute approximate surface area is 173 Å². The van der Waals surface area contributed by atoms with E-state index in [9.17, 15) is 14.0 Å². The Morgan fingerprint density at radius 2 is 2.16 bits per heavy atom. The van der Waals surface area contributed by atoms with Crippen molar-refractivity contribution in [2.45, 2.75) is 13.5 Å². The number of halogens is 1. The minimum Gasteiger partial charge on any atom is -0.275 e. The van der Waals surface area contributed by atoms with Gasteiger partial charge in [-0.3, -0.25) is 15.1 Å². The van der Waals surface area contributed by atoms with Crippen LogP contribution in [0.25, 0.3) is 22.2 Å². The van der Waals surface area contributed by atoms with Gasteiger partial charge in [0.1, 0.15) is 18.1 Å². The van der Waals surface area contributed by atoms with Crippen LogP contribution in [0.5, 0.6) is 0 Å². The van der Waals surface area contributed by atoms with E-state index >= 15 is 0 Å². The normalized spacial score (nSPS) is 14.6. The number of hydrogen-bond acceptors (Lipinski definition) is 8. The molecule has 4 heterocycles. The molecule has 1 fully saturated rings. The summed E-state index contributed by atoms with van der Waals surface area (Å²) in [6, 6.07) is 6.11. The lowest BCUT2D eigenvalue weighted by Crippen LogP contribution is -2.25. The number of aromatic nitrogens is 6. The minimum atomic E-state index is -0.605. The zero-order valence-electron chi connectivity index (χ0n) is 16.2. The van der Waals surface area contributed by atoms with Crippen molar-refractivity contribution in [3.63, 3.8) is 0 Å². The van der Waals surface area contributed by atoms with E-state index in [1.807, 2.05) is 6.07 Å². The molecule has 1 aromatic carbocycles. The van der Waals surface area contributed by atoms with Crippen LogP contribution in [0.2, 0.25) is 0 Å². The molecule has 1 aliphatic rings. The smallest absolute Gasteiger partial charge is 0.275 e. The molecule has 1 aliphatic heterocycles. The van der Waals surface area contributed by atoms with Gasteiger partial charge < -0.3 is 0 Å². The molecule has 3 amide bonds. The average Bonchev–Trinajstić information content (AvgIpc) is 3.30. The monoisotopic (exact) mass is 419 g/mol. The Bertz CT molecular complexity index is 1400. The fourth-order valence-electron chi connectivity index (χ4n) is 3.20. The number of hydrazone groups is 1. The highest BCUT2D eigenvalue weighted by molar-refractivity contribution is 6.04. The number of nitrogens with one attached hydrogen (secondary N) is 1. The second-order valence-electron chi connectivity index (χ2n) is 6.89. The first-order valence-electron chi connectivity index (χ1n) is 9.24. The van der Waals surface area contributed by atoms with Crippen molar-refractivity contribution >= 4 is 39.8 Å². The first kappa shape index (κ1) is 18.7. The molecule has 31 heavy (non-hydrogen) atoms. The summed E-state index contributed by atoms with van der Waals surface area (Å²) >= 11 is 0. The molecule has 1 N–H and O–H groups in total. The molecule has 0 aliphatic carbocycles. The standard InChI is InChI=1S/C19H14FN9O2/c1-10(26-29-9-16(30)24-19(29)31)15-7-22-17-18(23-15)28(27-25-17)8-12-5-11-3-2-4-21-14(11)6-13(12)20/h2-7H,8-9H2,1H3,(H,24,30,31)/b26-10+. The van der Waals surface area contributed by atoms with Crippen molar-refractivity contribution in [3.05, 3.63) is 53.7 Å². The van der Waals surface area contributed by atoms with Gasteiger partial charge >= 0.3 is 6.03 Å². The Balaban J connectivity index is 1.49. The lowest BCUT2D eigenvalue weighted by atomic mass is 10.1. The minimum absolute atomic E-state index is 0.0878. The molecule has 0 saturated carbocycles. The first-order valence-corrected chi connectivity index (χ1v) is 9.24. The summed E-state index contributed by atoms with van der Waals surface area (Å²) in [4.78, 5) is 35.9. The third kappa shape index (κ3) is 3.43. The largest absolute Gasteiger partial charge is 0.345 e. The fourth-order valence-corrected chi connectivity index (χ4v) is 3.20. The molecule has 4 aromatic rings. The zero-order chi connectivity index (χ0) is 21.5. The lowest BCUT2D eigenvalue weighted by molar-refractivity contribution is -0.118. The first-order chi connectivity index (χ1) is 15.0. The average molecular weight is 419 g/mol. The van der Waals surface area contributed by atoms with Crippen LogP contribution in [0.3, 0.4) is 0 Å². The highest BCUT2D eigenvalue weighted by Crippen LogP contribution is 2.19. The van der Waals surface area contributed by atoms with E-state index < -0.39 is 17.8 Å². The maximum Gasteiger partial charge on any atom is 0.345 e. The molecule has 154 valence electrons. The third-order valence-electron chi connectivity index (χ3n) is 4.73. The van der Waals surface area contributed by atoms with Crippen LogP contribution >= 0.6 is 0 Å². The molecule has 0 atom stereocenters. The van der Waals surface area contributed by atoms with Gasteiger partial charge in [0.15, 0.2) is 5.65 Å². The van der Waals surface area contributed by atoms with Gasteiger partial charge in [-0.1, -0.05) is 11.3 Å². The van der Waals surface area contributed by atoms with Gasteiger partial charge in [-0.25, -0.2) is 28.8 Å². The molecular weight excluding hydrogens is 405 g/mol. The summed E-state index contributed by atoms with van der Waals surface area (Å²) in [5.41, 5.74) is 2.32. The summed E-state index contributed by atoms with van der Waals surface area (Å²) in [7, 11) is 0. The van der Waals surface area contributed by atoms with Gasteiger partial charge in [0, 0.05) is 23.2 Å². The topological polar surface area (TPSA) is 131 Å². The fraction of sp³-hybridized carbons (Fsp3) is 0.158. The SMILES string of the molecule is C/C(=N\N1CC(=O)NC1=O)c1cnc2nnn(Cc3cc4cccnc4cc3F)c2n1. The van der Waals surface area contributed by atoms with E-state index in [0.717, 1.165) is 10.4 Å². The van der Waals surface area contributed by atoms with Gasteiger partial charge in [-0.15, -0.1) is 5.10 Å². The maximum atomic E-state index is 14.6. The number of imide groups is 1. The number of nitrogens with zero attached hydrogens (tertiary/aromatic N) is 8. The second kappa shape index (κ2) is 7.16. The van der Waals surface area contributed by atoms with Crippen molar-refractivity contribution in [3.8, 4) is 0 Å². The number of amides is 3. The summed E-state index contributed by atoms with van der Waals surface area (Å²) in [5.74, 6) is -0.848. The van der Waals surface area contributed by atoms with Crippen LogP contribution in [0.1, 0.15) is 18.2 Å². The quantitative estimate of drug-likeness (QED) is 0.389. The molecular formula is C19H14FN9O2. The molecule has 0 bridgehead atoms. The van der Waals surface area contributed by atoms with Crippen molar-refractivity contribution in [2.24, 2.45) is 5.10 Å². The number of fused-ring (bicyclic) bond motifs is 2. The summed E-state index contributed by atoms with van der Waals surface area (Å²) in [6.45, 7) is 1.56. The summed E-state index contributed by atoms with van der Waals surface area (Å²) in [5, 5.41) is 16.1. The zero-order valence-corrected chi connectivity index (χ0v) is 16.2. The molecule has 0 spiro atoms. The molecule has 11 nitrogen and oxygen atoms in total.